The molecule has 0 aliphatic rings. The van der Waals surface area contributed by atoms with Gasteiger partial charge in [-0.3, -0.25) is 0 Å². The first-order valence-corrected chi connectivity index (χ1v) is 9.39. The van der Waals surface area contributed by atoms with Gasteiger partial charge in [0, 0.05) is 25.4 Å². The Labute approximate surface area is 127 Å². The van der Waals surface area contributed by atoms with E-state index in [4.69, 9.17) is 0 Å². The molecular weight excluding hydrogens is 292 g/mol. The van der Waals surface area contributed by atoms with Crippen molar-refractivity contribution in [2.45, 2.75) is 31.3 Å². The highest BCUT2D eigenvalue weighted by Gasteiger charge is 2.27. The van der Waals surface area contributed by atoms with E-state index in [1.807, 2.05) is 33.2 Å². The Morgan fingerprint density at radius 2 is 2.05 bits per heavy atom. The van der Waals surface area contributed by atoms with Crippen LogP contribution in [-0.2, 0) is 16.6 Å². The molecule has 6 heteroatoms. The number of nitrogens with zero attached hydrogens (tertiary/aromatic N) is 1. The van der Waals surface area contributed by atoms with Gasteiger partial charge in [-0.25, -0.2) is 8.42 Å². The molecule has 1 unspecified atom stereocenters. The molecule has 4 nitrogen and oxygen atoms in total. The first-order valence-electron chi connectivity index (χ1n) is 6.56. The second-order valence-corrected chi connectivity index (χ2v) is 7.77. The van der Waals surface area contributed by atoms with E-state index in [0.29, 0.717) is 11.4 Å². The largest absolute Gasteiger partial charge is 0.316 e. The van der Waals surface area contributed by atoms with Gasteiger partial charge >= 0.3 is 0 Å². The van der Waals surface area contributed by atoms with Crippen LogP contribution < -0.4 is 5.32 Å². The maximum Gasteiger partial charge on any atom is 0.243 e. The molecule has 1 aromatic rings. The summed E-state index contributed by atoms with van der Waals surface area (Å²) in [5, 5.41) is 3.06. The van der Waals surface area contributed by atoms with Crippen LogP contribution in [-0.4, -0.2) is 44.9 Å². The van der Waals surface area contributed by atoms with Gasteiger partial charge in [-0.2, -0.15) is 16.1 Å². The fourth-order valence-corrected chi connectivity index (χ4v) is 4.49. The molecular formula is C14H24N2O2S2. The van der Waals surface area contributed by atoms with Crippen molar-refractivity contribution in [2.24, 2.45) is 0 Å². The summed E-state index contributed by atoms with van der Waals surface area (Å²) in [4.78, 5) is 0.403. The number of thioether (sulfide) groups is 1. The van der Waals surface area contributed by atoms with Gasteiger partial charge in [-0.15, -0.1) is 0 Å². The topological polar surface area (TPSA) is 49.4 Å². The van der Waals surface area contributed by atoms with Crippen LogP contribution in [0.25, 0.3) is 0 Å². The fraction of sp³-hybridized carbons (Fsp3) is 0.571. The van der Waals surface area contributed by atoms with Gasteiger partial charge in [0.15, 0.2) is 0 Å². The van der Waals surface area contributed by atoms with Crippen molar-refractivity contribution in [3.63, 3.8) is 0 Å². The van der Waals surface area contributed by atoms with Crippen LogP contribution in [0.5, 0.6) is 0 Å². The molecule has 1 atom stereocenters. The molecule has 1 N–H and O–H groups in total. The van der Waals surface area contributed by atoms with Crippen molar-refractivity contribution in [3.8, 4) is 0 Å². The zero-order valence-corrected chi connectivity index (χ0v) is 14.4. The van der Waals surface area contributed by atoms with Gasteiger partial charge in [0.25, 0.3) is 0 Å². The first-order chi connectivity index (χ1) is 9.36. The van der Waals surface area contributed by atoms with Gasteiger partial charge < -0.3 is 5.32 Å². The van der Waals surface area contributed by atoms with Crippen molar-refractivity contribution in [1.82, 2.24) is 9.62 Å². The predicted octanol–water partition coefficient (Wildman–Crippen LogP) is 2.09. The van der Waals surface area contributed by atoms with Gasteiger partial charge in [0.2, 0.25) is 10.0 Å². The number of hydrogen-bond acceptors (Lipinski definition) is 4. The average molecular weight is 316 g/mol. The van der Waals surface area contributed by atoms with E-state index in [9.17, 15) is 8.42 Å². The van der Waals surface area contributed by atoms with Crippen molar-refractivity contribution in [3.05, 3.63) is 29.3 Å². The van der Waals surface area contributed by atoms with Crippen LogP contribution in [0.15, 0.2) is 23.1 Å². The van der Waals surface area contributed by atoms with E-state index in [2.05, 4.69) is 5.32 Å². The molecule has 1 aromatic carbocycles. The van der Waals surface area contributed by atoms with E-state index in [1.54, 1.807) is 30.9 Å². The summed E-state index contributed by atoms with van der Waals surface area (Å²) < 4.78 is 26.9. The van der Waals surface area contributed by atoms with Crippen molar-refractivity contribution >= 4 is 21.8 Å². The molecule has 1 rings (SSSR count). The molecule has 0 bridgehead atoms. The molecule has 0 aromatic heterocycles. The number of rotatable bonds is 7. The minimum Gasteiger partial charge on any atom is -0.316 e. The van der Waals surface area contributed by atoms with Gasteiger partial charge in [-0.05, 0) is 44.3 Å². The Hall–Kier alpha value is -0.560. The Bertz CT molecular complexity index is 544. The van der Waals surface area contributed by atoms with Gasteiger partial charge in [0.05, 0.1) is 4.90 Å². The molecule has 0 heterocycles. The third-order valence-electron chi connectivity index (χ3n) is 3.45. The van der Waals surface area contributed by atoms with E-state index >= 15 is 0 Å². The molecule has 0 saturated heterocycles. The summed E-state index contributed by atoms with van der Waals surface area (Å²) >= 11 is 1.65. The normalized spacial score (nSPS) is 13.7. The zero-order valence-electron chi connectivity index (χ0n) is 12.8. The molecule has 0 amide bonds. The number of benzene rings is 1. The second kappa shape index (κ2) is 7.45. The maximum absolute atomic E-state index is 12.7. The summed E-state index contributed by atoms with van der Waals surface area (Å²) in [5.74, 6) is 0.783. The van der Waals surface area contributed by atoms with E-state index in [-0.39, 0.29) is 6.04 Å². The van der Waals surface area contributed by atoms with Crippen LogP contribution >= 0.6 is 11.8 Å². The fourth-order valence-electron chi connectivity index (χ4n) is 2.06. The molecule has 0 radical (unpaired) electrons. The third-order valence-corrected chi connectivity index (χ3v) is 6.38. The Kier molecular flexibility index (Phi) is 6.51. The molecule has 0 fully saturated rings. The minimum absolute atomic E-state index is 0.0256. The average Bonchev–Trinajstić information content (AvgIpc) is 2.40. The lowest BCUT2D eigenvalue weighted by molar-refractivity contribution is 0.414. The van der Waals surface area contributed by atoms with Crippen molar-refractivity contribution in [1.29, 1.82) is 0 Å². The van der Waals surface area contributed by atoms with E-state index in [0.717, 1.165) is 16.9 Å². The Balaban J connectivity index is 3.19. The summed E-state index contributed by atoms with van der Waals surface area (Å²) in [6.45, 7) is 4.47. The Morgan fingerprint density at radius 3 is 2.60 bits per heavy atom. The molecule has 0 aliphatic carbocycles. The van der Waals surface area contributed by atoms with Crippen molar-refractivity contribution < 1.29 is 8.42 Å². The van der Waals surface area contributed by atoms with Crippen LogP contribution in [0.1, 0.15) is 18.1 Å². The van der Waals surface area contributed by atoms with Gasteiger partial charge in [0.1, 0.15) is 0 Å². The van der Waals surface area contributed by atoms with E-state index < -0.39 is 10.0 Å². The lowest BCUT2D eigenvalue weighted by atomic mass is 10.1. The first kappa shape index (κ1) is 17.5. The summed E-state index contributed by atoms with van der Waals surface area (Å²) in [6, 6.07) is 5.42. The standard InChI is InChI=1S/C14H24N2O2S2/c1-11(10-19-5)16(4)20(17,18)14-8-6-7-13(9-15-3)12(14)2/h6-8,11,15H,9-10H2,1-5H3. The molecule has 0 saturated carbocycles. The zero-order chi connectivity index (χ0) is 15.3. The highest BCUT2D eigenvalue weighted by atomic mass is 32.2. The molecule has 0 aliphatic heterocycles. The predicted molar refractivity (Wildman–Crippen MR) is 86.7 cm³/mol. The highest BCUT2D eigenvalue weighted by molar-refractivity contribution is 7.98. The summed E-state index contributed by atoms with van der Waals surface area (Å²) in [5.41, 5.74) is 1.84. The lowest BCUT2D eigenvalue weighted by Crippen LogP contribution is -2.37. The number of nitrogens with one attached hydrogen (secondary N) is 1. The number of hydrogen-bond donors (Lipinski definition) is 1. The highest BCUT2D eigenvalue weighted by Crippen LogP contribution is 2.23. The monoisotopic (exact) mass is 316 g/mol. The summed E-state index contributed by atoms with van der Waals surface area (Å²) in [7, 11) is 0.0679. The second-order valence-electron chi connectivity index (χ2n) is 4.90. The van der Waals surface area contributed by atoms with Crippen LogP contribution in [0.3, 0.4) is 0 Å². The third kappa shape index (κ3) is 3.75. The maximum atomic E-state index is 12.7. The summed E-state index contributed by atoms with van der Waals surface area (Å²) in [6.07, 6.45) is 1.98. The van der Waals surface area contributed by atoms with Gasteiger partial charge in [-0.1, -0.05) is 12.1 Å². The van der Waals surface area contributed by atoms with Crippen LogP contribution in [0.2, 0.25) is 0 Å². The van der Waals surface area contributed by atoms with Crippen LogP contribution in [0, 0.1) is 6.92 Å². The van der Waals surface area contributed by atoms with Crippen molar-refractivity contribution in [2.75, 3.05) is 26.1 Å². The van der Waals surface area contributed by atoms with E-state index in [1.165, 1.54) is 4.31 Å². The molecule has 20 heavy (non-hydrogen) atoms. The Morgan fingerprint density at radius 1 is 1.40 bits per heavy atom. The smallest absolute Gasteiger partial charge is 0.243 e. The minimum atomic E-state index is -3.44. The molecule has 0 spiro atoms. The SMILES string of the molecule is CNCc1cccc(S(=O)(=O)N(C)C(C)CSC)c1C. The van der Waals surface area contributed by atoms with Crippen LogP contribution in [0.4, 0.5) is 0 Å². The number of sulfonamides is 1. The lowest BCUT2D eigenvalue weighted by Gasteiger charge is -2.25. The quantitative estimate of drug-likeness (QED) is 0.837. The molecule has 114 valence electrons.